The van der Waals surface area contributed by atoms with Crippen LogP contribution < -0.4 is 20.7 Å². The SMILES string of the molecule is CC(C)(C(N)=O)N(c1ccc(N/C(=C2\C(=O)Nc3cc(Cl)ccc32)c2cccc(CC(=O)O)c2)cc1)S(C)(=O)=O. The number of benzene rings is 3. The first kappa shape index (κ1) is 28.7. The summed E-state index contributed by atoms with van der Waals surface area (Å²) in [5.74, 6) is -2.20. The van der Waals surface area contributed by atoms with E-state index in [0.29, 0.717) is 44.4 Å². The van der Waals surface area contributed by atoms with Gasteiger partial charge < -0.3 is 21.5 Å². The second-order valence-electron chi connectivity index (χ2n) is 9.79. The minimum Gasteiger partial charge on any atom is -0.481 e. The fourth-order valence-electron chi connectivity index (χ4n) is 4.54. The summed E-state index contributed by atoms with van der Waals surface area (Å²) >= 11 is 6.12. The van der Waals surface area contributed by atoms with Gasteiger partial charge in [0.05, 0.1) is 35.3 Å². The number of aliphatic carboxylic acids is 1. The molecule has 0 bridgehead atoms. The number of carboxylic acids is 1. The number of carbonyl (C=O) groups is 3. The van der Waals surface area contributed by atoms with Gasteiger partial charge in [-0.15, -0.1) is 0 Å². The van der Waals surface area contributed by atoms with Crippen molar-refractivity contribution in [2.45, 2.75) is 25.8 Å². The molecular weight excluding hydrogens is 556 g/mol. The molecule has 4 rings (SSSR count). The van der Waals surface area contributed by atoms with E-state index >= 15 is 0 Å². The molecule has 5 N–H and O–H groups in total. The zero-order chi connectivity index (χ0) is 29.4. The fourth-order valence-corrected chi connectivity index (χ4v) is 6.13. The van der Waals surface area contributed by atoms with Crippen LogP contribution in [0.2, 0.25) is 5.02 Å². The molecule has 0 fully saturated rings. The maximum atomic E-state index is 13.2. The number of primary amides is 1. The Morgan fingerprint density at radius 3 is 2.35 bits per heavy atom. The topological polar surface area (TPSA) is 159 Å². The van der Waals surface area contributed by atoms with Gasteiger partial charge in [0.1, 0.15) is 5.54 Å². The summed E-state index contributed by atoms with van der Waals surface area (Å²) in [6.45, 7) is 2.83. The Morgan fingerprint density at radius 2 is 1.75 bits per heavy atom. The highest BCUT2D eigenvalue weighted by Gasteiger charge is 2.39. The van der Waals surface area contributed by atoms with E-state index in [1.54, 1.807) is 54.6 Å². The molecule has 12 heteroatoms. The largest absolute Gasteiger partial charge is 0.481 e. The van der Waals surface area contributed by atoms with E-state index in [1.807, 2.05) is 0 Å². The lowest BCUT2D eigenvalue weighted by atomic mass is 9.98. The number of anilines is 3. The molecule has 0 spiro atoms. The Hall–Kier alpha value is -4.35. The van der Waals surface area contributed by atoms with Crippen molar-refractivity contribution in [1.29, 1.82) is 0 Å². The van der Waals surface area contributed by atoms with Gasteiger partial charge in [-0.3, -0.25) is 18.7 Å². The molecule has 0 saturated carbocycles. The number of rotatable bonds is 9. The number of hydrogen-bond donors (Lipinski definition) is 4. The Bertz CT molecular complexity index is 1670. The summed E-state index contributed by atoms with van der Waals surface area (Å²) in [5, 5.41) is 15.8. The molecule has 1 heterocycles. The molecule has 3 aromatic carbocycles. The van der Waals surface area contributed by atoms with Crippen molar-refractivity contribution >= 4 is 67.7 Å². The lowest BCUT2D eigenvalue weighted by Gasteiger charge is -2.35. The molecule has 0 radical (unpaired) electrons. The maximum absolute atomic E-state index is 13.2. The number of hydrogen-bond acceptors (Lipinski definition) is 6. The van der Waals surface area contributed by atoms with Crippen LogP contribution in [0.25, 0.3) is 11.3 Å². The molecule has 208 valence electrons. The molecule has 0 aliphatic carbocycles. The number of carboxylic acid groups (broad SMARTS) is 1. The van der Waals surface area contributed by atoms with Gasteiger partial charge in [-0.1, -0.05) is 35.9 Å². The van der Waals surface area contributed by atoms with Gasteiger partial charge in [0.25, 0.3) is 5.91 Å². The van der Waals surface area contributed by atoms with Gasteiger partial charge in [-0.05, 0) is 67.4 Å². The monoisotopic (exact) mass is 582 g/mol. The highest BCUT2D eigenvalue weighted by Crippen LogP contribution is 2.39. The summed E-state index contributed by atoms with van der Waals surface area (Å²) in [7, 11) is -3.88. The van der Waals surface area contributed by atoms with Crippen LogP contribution in [0.3, 0.4) is 0 Å². The minimum absolute atomic E-state index is 0.208. The third-order valence-electron chi connectivity index (χ3n) is 6.36. The van der Waals surface area contributed by atoms with Crippen LogP contribution in [0.4, 0.5) is 17.1 Å². The second kappa shape index (κ2) is 10.7. The van der Waals surface area contributed by atoms with Crippen molar-refractivity contribution in [2.75, 3.05) is 21.2 Å². The normalized spacial score (nSPS) is 14.2. The fraction of sp³-hybridized carbons (Fsp3) is 0.179. The van der Waals surface area contributed by atoms with Gasteiger partial charge >= 0.3 is 5.97 Å². The number of amides is 2. The first-order valence-electron chi connectivity index (χ1n) is 12.0. The van der Waals surface area contributed by atoms with Crippen LogP contribution >= 0.6 is 11.6 Å². The molecule has 40 heavy (non-hydrogen) atoms. The summed E-state index contributed by atoms with van der Waals surface area (Å²) in [6, 6.07) is 18.0. The summed E-state index contributed by atoms with van der Waals surface area (Å²) in [5.41, 5.74) is 7.61. The summed E-state index contributed by atoms with van der Waals surface area (Å²) in [4.78, 5) is 36.6. The lowest BCUT2D eigenvalue weighted by molar-refractivity contribution is -0.136. The maximum Gasteiger partial charge on any atom is 0.307 e. The molecule has 0 aromatic heterocycles. The Morgan fingerprint density at radius 1 is 1.07 bits per heavy atom. The third kappa shape index (κ3) is 5.80. The van der Waals surface area contributed by atoms with Crippen LogP contribution in [-0.2, 0) is 30.8 Å². The minimum atomic E-state index is -3.88. The van der Waals surface area contributed by atoms with E-state index in [2.05, 4.69) is 10.6 Å². The standard InChI is InChI=1S/C28H27ClN4O6S/c1-28(2,27(30)37)33(40(3,38)39)20-10-8-19(9-11-20)31-25(17-6-4-5-16(13-17)14-23(34)35)24-21-12-7-18(29)15-22(21)32-26(24)36/h4-13,15,31H,14H2,1-3H3,(H2,30,37)(H,32,36)(H,34,35)/b25-24-. The number of fused-ring (bicyclic) bond motifs is 1. The van der Waals surface area contributed by atoms with Crippen molar-refractivity contribution < 1.29 is 27.9 Å². The number of carbonyl (C=O) groups excluding carboxylic acids is 2. The van der Waals surface area contributed by atoms with Gasteiger partial charge in [0, 0.05) is 16.3 Å². The van der Waals surface area contributed by atoms with Crippen molar-refractivity contribution in [3.63, 3.8) is 0 Å². The zero-order valence-corrected chi connectivity index (χ0v) is 23.4. The first-order valence-corrected chi connectivity index (χ1v) is 14.2. The van der Waals surface area contributed by atoms with Gasteiger partial charge in [-0.25, -0.2) is 8.42 Å². The van der Waals surface area contributed by atoms with Crippen LogP contribution in [-0.4, -0.2) is 43.1 Å². The average Bonchev–Trinajstić information content (AvgIpc) is 3.16. The molecule has 0 saturated heterocycles. The van der Waals surface area contributed by atoms with E-state index in [4.69, 9.17) is 17.3 Å². The first-order chi connectivity index (χ1) is 18.7. The second-order valence-corrected chi connectivity index (χ2v) is 12.1. The highest BCUT2D eigenvalue weighted by atomic mass is 35.5. The Labute approximate surface area is 236 Å². The number of nitrogens with zero attached hydrogens (tertiary/aromatic N) is 1. The third-order valence-corrected chi connectivity index (χ3v) is 7.93. The average molecular weight is 583 g/mol. The van der Waals surface area contributed by atoms with Gasteiger partial charge in [-0.2, -0.15) is 0 Å². The number of halogens is 1. The summed E-state index contributed by atoms with van der Waals surface area (Å²) < 4.78 is 26.1. The van der Waals surface area contributed by atoms with Gasteiger partial charge in [0.2, 0.25) is 15.9 Å². The summed E-state index contributed by atoms with van der Waals surface area (Å²) in [6.07, 6.45) is 0.777. The molecule has 10 nitrogen and oxygen atoms in total. The van der Waals surface area contributed by atoms with Crippen molar-refractivity contribution in [2.24, 2.45) is 5.73 Å². The van der Waals surface area contributed by atoms with Crippen LogP contribution in [0.15, 0.2) is 66.7 Å². The molecule has 1 aliphatic heterocycles. The predicted molar refractivity (Wildman–Crippen MR) is 155 cm³/mol. The van der Waals surface area contributed by atoms with E-state index in [-0.39, 0.29) is 18.0 Å². The smallest absolute Gasteiger partial charge is 0.307 e. The Kier molecular flexibility index (Phi) is 7.64. The van der Waals surface area contributed by atoms with Crippen LogP contribution in [0.5, 0.6) is 0 Å². The quantitative estimate of drug-likeness (QED) is 0.278. The molecule has 0 unspecified atom stereocenters. The van der Waals surface area contributed by atoms with Crippen molar-refractivity contribution in [3.8, 4) is 0 Å². The van der Waals surface area contributed by atoms with Gasteiger partial charge in [0.15, 0.2) is 0 Å². The Balaban J connectivity index is 1.83. The van der Waals surface area contributed by atoms with E-state index in [9.17, 15) is 27.9 Å². The van der Waals surface area contributed by atoms with Crippen LogP contribution in [0, 0.1) is 0 Å². The number of nitrogens with one attached hydrogen (secondary N) is 2. The zero-order valence-electron chi connectivity index (χ0n) is 21.9. The highest BCUT2D eigenvalue weighted by molar-refractivity contribution is 7.92. The molecule has 1 aliphatic rings. The predicted octanol–water partition coefficient (Wildman–Crippen LogP) is 3.93. The number of sulfonamides is 1. The van der Waals surface area contributed by atoms with Crippen LogP contribution in [0.1, 0.15) is 30.5 Å². The van der Waals surface area contributed by atoms with E-state index in [0.717, 1.165) is 10.6 Å². The molecular formula is C28H27ClN4O6S. The van der Waals surface area contributed by atoms with Crippen molar-refractivity contribution in [1.82, 2.24) is 0 Å². The lowest BCUT2D eigenvalue weighted by Crippen LogP contribution is -2.55. The molecule has 2 amide bonds. The number of nitrogens with two attached hydrogens (primary N) is 1. The van der Waals surface area contributed by atoms with E-state index in [1.165, 1.54) is 26.0 Å². The van der Waals surface area contributed by atoms with E-state index < -0.39 is 27.4 Å². The molecule has 0 atom stereocenters. The molecule has 3 aromatic rings. The van der Waals surface area contributed by atoms with Crippen molar-refractivity contribution in [3.05, 3.63) is 88.4 Å².